The van der Waals surface area contributed by atoms with Crippen molar-refractivity contribution in [2.45, 2.75) is 173 Å². The van der Waals surface area contributed by atoms with Crippen LogP contribution < -0.4 is 11.5 Å². The first kappa shape index (κ1) is 38.0. The molecule has 0 spiro atoms. The van der Waals surface area contributed by atoms with Crippen LogP contribution >= 0.6 is 0 Å². The third-order valence-electron chi connectivity index (χ3n) is 8.81. The maximum absolute atomic E-state index is 6.00. The van der Waals surface area contributed by atoms with Gasteiger partial charge in [-0.15, -0.1) is 0 Å². The van der Waals surface area contributed by atoms with Crippen molar-refractivity contribution < 1.29 is 0 Å². The van der Waals surface area contributed by atoms with Crippen molar-refractivity contribution in [2.75, 3.05) is 13.1 Å². The van der Waals surface area contributed by atoms with E-state index in [9.17, 15) is 0 Å². The third kappa shape index (κ3) is 14.7. The number of hydrogen-bond donors (Lipinski definition) is 2. The second-order valence-corrected chi connectivity index (χ2v) is 14.0. The Morgan fingerprint density at radius 3 is 1.17 bits per heavy atom. The molecule has 0 aliphatic carbocycles. The molecule has 0 aromatic rings. The standard InChI is InChI=1S/C16H37N3.C16H35N/c1-8-9-14(15(17)18)16(6,7)10-11-19(12(2)3)13(4)5;1-9-10-15(6)16(7,8)11-12-17(13(2)3)14(4)5/h12-15H,8-11,17-18H2,1-7H3;13-15H,9-12H2,1-8H3/i19+1;17+1. The summed E-state index contributed by atoms with van der Waals surface area (Å²) in [6, 6.07) is 2.50. The molecule has 4 nitrogen and oxygen atoms in total. The highest BCUT2D eigenvalue weighted by Gasteiger charge is 2.32. The Balaban J connectivity index is 0. The van der Waals surface area contributed by atoms with Crippen molar-refractivity contribution >= 4 is 0 Å². The maximum Gasteiger partial charge on any atom is 0.0555 e. The zero-order valence-corrected chi connectivity index (χ0v) is 27.7. The molecule has 0 saturated heterocycles. The lowest BCUT2D eigenvalue weighted by Gasteiger charge is -2.40. The van der Waals surface area contributed by atoms with Gasteiger partial charge < -0.3 is 11.5 Å². The minimum Gasteiger partial charge on any atom is -0.316 e. The van der Waals surface area contributed by atoms with Crippen molar-refractivity contribution in [3.63, 3.8) is 0 Å². The molecule has 0 aromatic heterocycles. The van der Waals surface area contributed by atoms with E-state index in [0.29, 0.717) is 35.5 Å². The van der Waals surface area contributed by atoms with Crippen LogP contribution in [-0.4, -0.2) is 53.2 Å². The molecule has 0 heterocycles. The Labute approximate surface area is 229 Å². The van der Waals surface area contributed by atoms with Gasteiger partial charge in [0.1, 0.15) is 0 Å². The predicted octanol–water partition coefficient (Wildman–Crippen LogP) is 8.14. The molecule has 0 radical (unpaired) electrons. The van der Waals surface area contributed by atoms with Crippen LogP contribution in [0.15, 0.2) is 0 Å². The Kier molecular flexibility index (Phi) is 19.2. The first-order valence-corrected chi connectivity index (χ1v) is 15.4. The summed E-state index contributed by atoms with van der Waals surface area (Å²) < 4.78 is 0. The third-order valence-corrected chi connectivity index (χ3v) is 8.81. The quantitative estimate of drug-likeness (QED) is 0.152. The van der Waals surface area contributed by atoms with Gasteiger partial charge in [-0.25, -0.2) is 0 Å². The number of hydrogen-bond acceptors (Lipinski definition) is 4. The van der Waals surface area contributed by atoms with Gasteiger partial charge in [-0.3, -0.25) is 9.80 Å². The number of nitrogens with zero attached hydrogens (tertiary/aromatic N) is 2. The fraction of sp³-hybridized carbons (Fsp3) is 1.00. The largest absolute Gasteiger partial charge is 0.316 e. The van der Waals surface area contributed by atoms with E-state index in [0.717, 1.165) is 31.7 Å². The van der Waals surface area contributed by atoms with E-state index in [2.05, 4.69) is 114 Å². The molecule has 2 atom stereocenters. The van der Waals surface area contributed by atoms with Crippen LogP contribution in [0.2, 0.25) is 0 Å². The van der Waals surface area contributed by atoms with Gasteiger partial charge in [0.15, 0.2) is 0 Å². The smallest absolute Gasteiger partial charge is 0.0555 e. The van der Waals surface area contributed by atoms with Gasteiger partial charge in [0.2, 0.25) is 0 Å². The summed E-state index contributed by atoms with van der Waals surface area (Å²) in [5, 5.41) is 0. The lowest BCUT2D eigenvalue weighted by molar-refractivity contribution is 0.101. The van der Waals surface area contributed by atoms with Gasteiger partial charge >= 0.3 is 0 Å². The molecule has 36 heavy (non-hydrogen) atoms. The summed E-state index contributed by atoms with van der Waals surface area (Å²) >= 11 is 0. The first-order valence-electron chi connectivity index (χ1n) is 15.4. The molecule has 4 heteroatoms. The highest BCUT2D eigenvalue weighted by molar-refractivity contribution is 4.85. The summed E-state index contributed by atoms with van der Waals surface area (Å²) in [5.74, 6) is 1.23. The van der Waals surface area contributed by atoms with E-state index >= 15 is 0 Å². The molecular formula is C32H72N4. The van der Waals surface area contributed by atoms with E-state index in [1.165, 1.54) is 25.8 Å². The Bertz CT molecular complexity index is 506. The average molecular weight is 515 g/mol. The van der Waals surface area contributed by atoms with Crippen molar-refractivity contribution in [1.29, 1.82) is 0 Å². The Hall–Kier alpha value is -0.160. The van der Waals surface area contributed by atoms with Crippen LogP contribution in [0.5, 0.6) is 0 Å². The Morgan fingerprint density at radius 1 is 0.556 bits per heavy atom. The van der Waals surface area contributed by atoms with Crippen molar-refractivity contribution in [2.24, 2.45) is 34.1 Å². The summed E-state index contributed by atoms with van der Waals surface area (Å²) in [4.78, 5) is 5.16. The molecule has 0 aromatic carbocycles. The fourth-order valence-corrected chi connectivity index (χ4v) is 5.73. The molecule has 220 valence electrons. The van der Waals surface area contributed by atoms with Gasteiger partial charge in [0.25, 0.3) is 0 Å². The molecule has 0 amide bonds. The lowest BCUT2D eigenvalue weighted by atomic mass is 9.72. The van der Waals surface area contributed by atoms with Crippen molar-refractivity contribution in [1.82, 2.24) is 9.80 Å². The van der Waals surface area contributed by atoms with E-state index in [1.807, 2.05) is 0 Å². The first-order chi connectivity index (χ1) is 16.3. The van der Waals surface area contributed by atoms with Crippen LogP contribution in [0.1, 0.15) is 142 Å². The van der Waals surface area contributed by atoms with E-state index < -0.39 is 0 Å². The highest BCUT2D eigenvalue weighted by Crippen LogP contribution is 2.36. The fourth-order valence-electron chi connectivity index (χ4n) is 5.73. The van der Waals surface area contributed by atoms with Gasteiger partial charge in [0, 0.05) is 24.2 Å². The van der Waals surface area contributed by atoms with E-state index in [-0.39, 0.29) is 11.6 Å². The summed E-state index contributed by atoms with van der Waals surface area (Å²) in [6.45, 7) is 37.1. The highest BCUT2D eigenvalue weighted by atomic mass is 15.9. The summed E-state index contributed by atoms with van der Waals surface area (Å²) in [6.07, 6.45) is 7.19. The van der Waals surface area contributed by atoms with Crippen LogP contribution in [0, 0.1) is 22.7 Å². The molecule has 0 fully saturated rings. The van der Waals surface area contributed by atoms with Crippen LogP contribution in [0.25, 0.3) is 0 Å². The molecule has 0 saturated carbocycles. The molecule has 0 aliphatic heterocycles. The van der Waals surface area contributed by atoms with Crippen LogP contribution in [-0.2, 0) is 0 Å². The second-order valence-electron chi connectivity index (χ2n) is 14.0. The van der Waals surface area contributed by atoms with Gasteiger partial charge in [0.05, 0.1) is 6.17 Å². The molecule has 2 unspecified atom stereocenters. The van der Waals surface area contributed by atoms with Crippen molar-refractivity contribution in [3.8, 4) is 0 Å². The van der Waals surface area contributed by atoms with Gasteiger partial charge in [-0.05, 0) is 110 Å². The summed E-state index contributed by atoms with van der Waals surface area (Å²) in [5.41, 5.74) is 12.7. The Morgan fingerprint density at radius 2 is 0.889 bits per heavy atom. The molecule has 0 bridgehead atoms. The monoisotopic (exact) mass is 515 g/mol. The van der Waals surface area contributed by atoms with E-state index in [4.69, 9.17) is 11.5 Å². The minimum atomic E-state index is -0.207. The van der Waals surface area contributed by atoms with E-state index in [1.54, 1.807) is 0 Å². The number of nitrogens with two attached hydrogens (primary N) is 2. The van der Waals surface area contributed by atoms with Gasteiger partial charge in [-0.2, -0.15) is 0 Å². The zero-order chi connectivity index (χ0) is 28.9. The minimum absolute atomic E-state index is 0.201. The van der Waals surface area contributed by atoms with Crippen LogP contribution in [0.4, 0.5) is 0 Å². The summed E-state index contributed by atoms with van der Waals surface area (Å²) in [7, 11) is 0. The topological polar surface area (TPSA) is 58.5 Å². The van der Waals surface area contributed by atoms with Crippen LogP contribution in [0.3, 0.4) is 0 Å². The zero-order valence-electron chi connectivity index (χ0n) is 27.7. The maximum atomic E-state index is 6.00. The number of rotatable bonds is 17. The average Bonchev–Trinajstić information content (AvgIpc) is 2.71. The SMILES string of the molecule is CCCC(C(N)N)C(C)(C)CC[15N](C(C)C)C(C)C.CCCC(C)C(C)(C)CC[15N](C(C)C)C(C)C. The molecule has 4 N–H and O–H groups in total. The normalized spacial score (nSPS) is 15.0. The van der Waals surface area contributed by atoms with Gasteiger partial charge in [-0.1, -0.05) is 67.7 Å². The predicted molar refractivity (Wildman–Crippen MR) is 165 cm³/mol. The van der Waals surface area contributed by atoms with Crippen molar-refractivity contribution in [3.05, 3.63) is 0 Å². The lowest BCUT2D eigenvalue weighted by Crippen LogP contribution is -2.47. The molecule has 0 rings (SSSR count). The second kappa shape index (κ2) is 18.2. The molecular weight excluding hydrogens is 442 g/mol. The molecule has 0 aliphatic rings.